The molecule has 3 aromatic rings. The molecule has 1 aliphatic rings. The van der Waals surface area contributed by atoms with Gasteiger partial charge in [0.1, 0.15) is 24.6 Å². The highest BCUT2D eigenvalue weighted by Crippen LogP contribution is 2.37. The van der Waals surface area contributed by atoms with Crippen molar-refractivity contribution in [1.82, 2.24) is 14.9 Å². The summed E-state index contributed by atoms with van der Waals surface area (Å²) < 4.78 is 32.7. The van der Waals surface area contributed by atoms with Gasteiger partial charge in [-0.2, -0.15) is 0 Å². The van der Waals surface area contributed by atoms with Crippen LogP contribution in [0, 0.1) is 5.82 Å². The summed E-state index contributed by atoms with van der Waals surface area (Å²) in [4.78, 5) is 22.5. The summed E-state index contributed by atoms with van der Waals surface area (Å²) in [5.74, 6) is -0.355. The molecule has 41 heavy (non-hydrogen) atoms. The first-order valence-electron chi connectivity index (χ1n) is 13.9. The summed E-state index contributed by atoms with van der Waals surface area (Å²) in [7, 11) is -2.02. The smallest absolute Gasteiger partial charge is 0.410 e. The zero-order valence-corrected chi connectivity index (χ0v) is 25.5. The fraction of sp³-hybridized carbons (Fsp3) is 0.452. The number of nitrogens with zero attached hydrogens (tertiary/aromatic N) is 3. The minimum absolute atomic E-state index is 0.0200. The van der Waals surface area contributed by atoms with E-state index >= 15 is 4.39 Å². The molecule has 1 N–H and O–H groups in total. The number of carbonyl (C=O) groups is 1. The van der Waals surface area contributed by atoms with Crippen molar-refractivity contribution in [2.24, 2.45) is 0 Å². The van der Waals surface area contributed by atoms with Crippen LogP contribution >= 0.6 is 0 Å². The summed E-state index contributed by atoms with van der Waals surface area (Å²) in [6.07, 6.45) is 3.28. The van der Waals surface area contributed by atoms with Gasteiger partial charge in [-0.25, -0.2) is 19.2 Å². The largest absolute Gasteiger partial charge is 0.460 e. The lowest BCUT2D eigenvalue weighted by Crippen LogP contribution is -2.49. The van der Waals surface area contributed by atoms with Crippen molar-refractivity contribution in [1.29, 1.82) is 0 Å². The fourth-order valence-electron chi connectivity index (χ4n) is 4.18. The van der Waals surface area contributed by atoms with Crippen molar-refractivity contribution < 1.29 is 28.2 Å². The van der Waals surface area contributed by atoms with E-state index in [9.17, 15) is 9.90 Å². The van der Waals surface area contributed by atoms with Gasteiger partial charge in [0.2, 0.25) is 0 Å². The van der Waals surface area contributed by atoms with E-state index < -0.39 is 20.0 Å². The molecule has 1 aromatic heterocycles. The Balaban J connectivity index is 1.28. The van der Waals surface area contributed by atoms with E-state index in [1.165, 1.54) is 12.4 Å². The first kappa shape index (κ1) is 30.6. The summed E-state index contributed by atoms with van der Waals surface area (Å²) >= 11 is 0. The number of hydrogen-bond donors (Lipinski definition) is 1. The standard InChI is InChI=1S/C31H40FN3O5Si/c1-30(2,3)41(4,5)40-21-24-12-9-13-26(27(24)32)25-18-33-28(34-19-25)39-22-31(37)14-16-35(17-15-31)29(36)38-20-23-10-7-6-8-11-23/h6-13,18-19,37H,14-17,20-22H2,1-5H3. The van der Waals surface area contributed by atoms with Crippen LogP contribution in [-0.4, -0.2) is 59.7 Å². The van der Waals surface area contributed by atoms with Crippen molar-refractivity contribution >= 4 is 14.4 Å². The third-order valence-corrected chi connectivity index (χ3v) is 12.5. The van der Waals surface area contributed by atoms with Gasteiger partial charge in [-0.1, -0.05) is 69.3 Å². The van der Waals surface area contributed by atoms with Crippen LogP contribution in [0.3, 0.4) is 0 Å². The van der Waals surface area contributed by atoms with E-state index in [1.54, 1.807) is 23.1 Å². The maximum atomic E-state index is 15.4. The third-order valence-electron chi connectivity index (χ3n) is 8.04. The molecule has 0 bridgehead atoms. The van der Waals surface area contributed by atoms with Crippen LogP contribution in [0.1, 0.15) is 44.7 Å². The van der Waals surface area contributed by atoms with Gasteiger partial charge in [-0.05, 0) is 36.5 Å². The van der Waals surface area contributed by atoms with Crippen molar-refractivity contribution in [3.63, 3.8) is 0 Å². The van der Waals surface area contributed by atoms with E-state index in [1.807, 2.05) is 30.3 Å². The highest BCUT2D eigenvalue weighted by Gasteiger charge is 2.37. The van der Waals surface area contributed by atoms with Crippen LogP contribution in [0.25, 0.3) is 11.1 Å². The first-order valence-corrected chi connectivity index (χ1v) is 16.8. The van der Waals surface area contributed by atoms with Crippen molar-refractivity contribution in [2.75, 3.05) is 19.7 Å². The molecule has 2 heterocycles. The maximum absolute atomic E-state index is 15.4. The number of halogens is 1. The summed E-state index contributed by atoms with van der Waals surface area (Å²) in [6.45, 7) is 11.8. The van der Waals surface area contributed by atoms with Gasteiger partial charge in [-0.15, -0.1) is 0 Å². The van der Waals surface area contributed by atoms with Crippen molar-refractivity contribution in [3.05, 3.63) is 77.9 Å². The van der Waals surface area contributed by atoms with Crippen LogP contribution in [0.4, 0.5) is 9.18 Å². The number of aliphatic hydroxyl groups is 1. The van der Waals surface area contributed by atoms with Gasteiger partial charge in [0.25, 0.3) is 0 Å². The zero-order chi connectivity index (χ0) is 29.7. The molecule has 0 saturated carbocycles. The van der Waals surface area contributed by atoms with Gasteiger partial charge in [0, 0.05) is 42.2 Å². The molecule has 0 radical (unpaired) electrons. The van der Waals surface area contributed by atoms with Gasteiger partial charge >= 0.3 is 12.1 Å². The lowest BCUT2D eigenvalue weighted by Gasteiger charge is -2.37. The highest BCUT2D eigenvalue weighted by molar-refractivity contribution is 6.74. The molecule has 1 amide bonds. The molecule has 10 heteroatoms. The van der Waals surface area contributed by atoms with Gasteiger partial charge < -0.3 is 23.9 Å². The topological polar surface area (TPSA) is 94.0 Å². The predicted molar refractivity (Wildman–Crippen MR) is 157 cm³/mol. The third kappa shape index (κ3) is 7.90. The van der Waals surface area contributed by atoms with E-state index in [2.05, 4.69) is 43.8 Å². The molecule has 0 spiro atoms. The number of benzene rings is 2. The number of aromatic nitrogens is 2. The highest BCUT2D eigenvalue weighted by atomic mass is 28.4. The summed E-state index contributed by atoms with van der Waals surface area (Å²) in [6, 6.07) is 14.8. The minimum Gasteiger partial charge on any atom is -0.460 e. The normalized spacial score (nSPS) is 15.4. The second-order valence-electron chi connectivity index (χ2n) is 12.1. The molecule has 0 aliphatic carbocycles. The Morgan fingerprint density at radius 2 is 1.68 bits per heavy atom. The fourth-order valence-corrected chi connectivity index (χ4v) is 5.13. The molecule has 220 valence electrons. The number of amides is 1. The zero-order valence-electron chi connectivity index (χ0n) is 24.5. The molecular weight excluding hydrogens is 541 g/mol. The lowest BCUT2D eigenvalue weighted by atomic mass is 9.92. The van der Waals surface area contributed by atoms with E-state index in [-0.39, 0.29) is 36.7 Å². The second kappa shape index (κ2) is 12.7. The molecule has 0 unspecified atom stereocenters. The number of likely N-dealkylation sites (tertiary alicyclic amines) is 1. The average Bonchev–Trinajstić information content (AvgIpc) is 2.95. The summed E-state index contributed by atoms with van der Waals surface area (Å²) in [5, 5.41) is 11.0. The number of carbonyl (C=O) groups excluding carboxylic acids is 1. The molecular formula is C31H40FN3O5Si. The number of rotatable bonds is 9. The predicted octanol–water partition coefficient (Wildman–Crippen LogP) is 6.35. The Bertz CT molecular complexity index is 1310. The Morgan fingerprint density at radius 1 is 1.02 bits per heavy atom. The maximum Gasteiger partial charge on any atom is 0.410 e. The van der Waals surface area contributed by atoms with Crippen molar-refractivity contribution in [3.8, 4) is 17.1 Å². The van der Waals surface area contributed by atoms with Crippen LogP contribution < -0.4 is 4.74 Å². The molecule has 8 nitrogen and oxygen atoms in total. The van der Waals surface area contributed by atoms with Gasteiger partial charge in [0.15, 0.2) is 8.32 Å². The Morgan fingerprint density at radius 3 is 2.32 bits per heavy atom. The number of ether oxygens (including phenoxy) is 2. The molecule has 4 rings (SSSR count). The molecule has 1 saturated heterocycles. The van der Waals surface area contributed by atoms with Gasteiger partial charge in [0.05, 0.1) is 6.61 Å². The molecule has 1 aliphatic heterocycles. The molecule has 1 fully saturated rings. The van der Waals surface area contributed by atoms with Crippen LogP contribution in [0.2, 0.25) is 18.1 Å². The van der Waals surface area contributed by atoms with Crippen LogP contribution in [0.15, 0.2) is 60.9 Å². The SMILES string of the molecule is CC(C)(C)[Si](C)(C)OCc1cccc(-c2cnc(OCC3(O)CCN(C(=O)OCc4ccccc4)CC3)nc2)c1F. The average molecular weight is 582 g/mol. The van der Waals surface area contributed by atoms with Gasteiger partial charge in [-0.3, -0.25) is 0 Å². The van der Waals surface area contributed by atoms with Crippen molar-refractivity contribution in [2.45, 2.75) is 70.6 Å². The first-order chi connectivity index (χ1) is 19.4. The quantitative estimate of drug-likeness (QED) is 0.295. The molecule has 2 aromatic carbocycles. The Labute approximate surface area is 242 Å². The Hall–Kier alpha value is -3.34. The summed E-state index contributed by atoms with van der Waals surface area (Å²) in [5.41, 5.74) is 1.19. The van der Waals surface area contributed by atoms with Crippen LogP contribution in [0.5, 0.6) is 6.01 Å². The Kier molecular flexibility index (Phi) is 9.46. The molecule has 0 atom stereocenters. The minimum atomic E-state index is -2.02. The van der Waals surface area contributed by atoms with E-state index in [0.29, 0.717) is 42.6 Å². The monoisotopic (exact) mass is 581 g/mol. The van der Waals surface area contributed by atoms with E-state index in [4.69, 9.17) is 13.9 Å². The number of hydrogen-bond acceptors (Lipinski definition) is 7. The lowest BCUT2D eigenvalue weighted by molar-refractivity contribution is -0.0525. The van der Waals surface area contributed by atoms with E-state index in [0.717, 1.165) is 5.56 Å². The number of piperidine rings is 1. The second-order valence-corrected chi connectivity index (χ2v) is 16.9. The van der Waals surface area contributed by atoms with Crippen LogP contribution in [-0.2, 0) is 22.4 Å².